The predicted molar refractivity (Wildman–Crippen MR) is 48.5 cm³/mol. The Bertz CT molecular complexity index is 112. The molecule has 0 saturated heterocycles. The number of hydrogen-bond acceptors (Lipinski definition) is 2. The van der Waals surface area contributed by atoms with Crippen molar-refractivity contribution < 1.29 is 0 Å². The lowest BCUT2D eigenvalue weighted by Gasteiger charge is -2.24. The maximum Gasteiger partial charge on any atom is 0.0104 e. The molecule has 1 aliphatic carbocycles. The van der Waals surface area contributed by atoms with E-state index in [-0.39, 0.29) is 0 Å². The van der Waals surface area contributed by atoms with Gasteiger partial charge < -0.3 is 10.6 Å². The van der Waals surface area contributed by atoms with Gasteiger partial charge in [-0.15, -0.1) is 0 Å². The molecule has 2 unspecified atom stereocenters. The molecular formula is C9H20N2. The molecule has 1 rings (SSSR count). The van der Waals surface area contributed by atoms with Crippen LogP contribution < -0.4 is 5.73 Å². The van der Waals surface area contributed by atoms with E-state index in [4.69, 9.17) is 5.73 Å². The molecule has 0 aromatic heterocycles. The second kappa shape index (κ2) is 4.07. The SMILES string of the molecule is CN(C)C1CCCCC(N)C1. The first-order valence-electron chi connectivity index (χ1n) is 4.62. The van der Waals surface area contributed by atoms with Gasteiger partial charge in [-0.25, -0.2) is 0 Å². The van der Waals surface area contributed by atoms with Gasteiger partial charge in [0.15, 0.2) is 0 Å². The predicted octanol–water partition coefficient (Wildman–Crippen LogP) is 1.21. The van der Waals surface area contributed by atoms with Crippen molar-refractivity contribution in [3.05, 3.63) is 0 Å². The lowest BCUT2D eigenvalue weighted by Crippen LogP contribution is -2.33. The van der Waals surface area contributed by atoms with Crippen LogP contribution in [0, 0.1) is 0 Å². The average Bonchev–Trinajstić information content (AvgIpc) is 2.13. The largest absolute Gasteiger partial charge is 0.328 e. The number of nitrogens with zero attached hydrogens (tertiary/aromatic N) is 1. The van der Waals surface area contributed by atoms with E-state index in [0.717, 1.165) is 6.04 Å². The molecule has 0 heterocycles. The van der Waals surface area contributed by atoms with Crippen molar-refractivity contribution in [2.24, 2.45) is 5.73 Å². The molecule has 11 heavy (non-hydrogen) atoms. The highest BCUT2D eigenvalue weighted by atomic mass is 15.1. The molecule has 0 amide bonds. The highest BCUT2D eigenvalue weighted by Gasteiger charge is 2.18. The molecule has 0 spiro atoms. The Morgan fingerprint density at radius 2 is 1.82 bits per heavy atom. The fourth-order valence-corrected chi connectivity index (χ4v) is 1.84. The maximum atomic E-state index is 5.94. The van der Waals surface area contributed by atoms with Crippen LogP contribution in [0.15, 0.2) is 0 Å². The van der Waals surface area contributed by atoms with Gasteiger partial charge in [0.25, 0.3) is 0 Å². The Kier molecular flexibility index (Phi) is 3.34. The van der Waals surface area contributed by atoms with Gasteiger partial charge in [0.2, 0.25) is 0 Å². The molecule has 1 aliphatic rings. The Hall–Kier alpha value is -0.0800. The van der Waals surface area contributed by atoms with Gasteiger partial charge in [-0.2, -0.15) is 0 Å². The first-order chi connectivity index (χ1) is 5.20. The minimum absolute atomic E-state index is 0.449. The number of hydrogen-bond donors (Lipinski definition) is 1. The zero-order chi connectivity index (χ0) is 8.27. The fourth-order valence-electron chi connectivity index (χ4n) is 1.84. The smallest absolute Gasteiger partial charge is 0.0104 e. The second-order valence-corrected chi connectivity index (χ2v) is 3.90. The topological polar surface area (TPSA) is 29.3 Å². The molecule has 0 aliphatic heterocycles. The van der Waals surface area contributed by atoms with Gasteiger partial charge in [0.05, 0.1) is 0 Å². The summed E-state index contributed by atoms with van der Waals surface area (Å²) in [5, 5.41) is 0. The molecule has 2 heteroatoms. The van der Waals surface area contributed by atoms with Crippen LogP contribution in [-0.2, 0) is 0 Å². The van der Waals surface area contributed by atoms with Gasteiger partial charge >= 0.3 is 0 Å². The van der Waals surface area contributed by atoms with Crippen LogP contribution in [-0.4, -0.2) is 31.1 Å². The molecule has 2 nitrogen and oxygen atoms in total. The van der Waals surface area contributed by atoms with Crippen LogP contribution in [0.4, 0.5) is 0 Å². The van der Waals surface area contributed by atoms with E-state index in [1.807, 2.05) is 0 Å². The summed E-state index contributed by atoms with van der Waals surface area (Å²) in [6.07, 6.45) is 6.43. The zero-order valence-electron chi connectivity index (χ0n) is 7.71. The third kappa shape index (κ3) is 2.80. The molecule has 0 aromatic rings. The van der Waals surface area contributed by atoms with Gasteiger partial charge in [-0.05, 0) is 33.4 Å². The van der Waals surface area contributed by atoms with Gasteiger partial charge in [-0.1, -0.05) is 12.8 Å². The summed E-state index contributed by atoms with van der Waals surface area (Å²) in [7, 11) is 4.31. The Balaban J connectivity index is 2.39. The van der Waals surface area contributed by atoms with E-state index in [1.165, 1.54) is 32.1 Å². The van der Waals surface area contributed by atoms with Crippen molar-refractivity contribution in [3.63, 3.8) is 0 Å². The van der Waals surface area contributed by atoms with Crippen LogP contribution in [0.2, 0.25) is 0 Å². The average molecular weight is 156 g/mol. The first kappa shape index (κ1) is 9.01. The maximum absolute atomic E-state index is 5.94. The molecule has 2 N–H and O–H groups in total. The summed E-state index contributed by atoms with van der Waals surface area (Å²) in [4.78, 5) is 2.31. The van der Waals surface area contributed by atoms with E-state index >= 15 is 0 Å². The van der Waals surface area contributed by atoms with Crippen LogP contribution in [0.5, 0.6) is 0 Å². The van der Waals surface area contributed by atoms with E-state index < -0.39 is 0 Å². The molecule has 1 fully saturated rings. The molecule has 0 aromatic carbocycles. The highest BCUT2D eigenvalue weighted by molar-refractivity contribution is 4.77. The van der Waals surface area contributed by atoms with Crippen molar-refractivity contribution in [2.75, 3.05) is 14.1 Å². The van der Waals surface area contributed by atoms with Crippen molar-refractivity contribution in [1.82, 2.24) is 4.90 Å². The summed E-state index contributed by atoms with van der Waals surface area (Å²) < 4.78 is 0. The standard InChI is InChI=1S/C9H20N2/c1-11(2)9-6-4-3-5-8(10)7-9/h8-9H,3-7,10H2,1-2H3. The van der Waals surface area contributed by atoms with Crippen molar-refractivity contribution >= 4 is 0 Å². The zero-order valence-corrected chi connectivity index (χ0v) is 7.71. The number of nitrogens with two attached hydrogens (primary N) is 1. The summed E-state index contributed by atoms with van der Waals surface area (Å²) in [6, 6.07) is 1.18. The third-order valence-electron chi connectivity index (χ3n) is 2.67. The van der Waals surface area contributed by atoms with Crippen molar-refractivity contribution in [1.29, 1.82) is 0 Å². The Morgan fingerprint density at radius 1 is 1.18 bits per heavy atom. The van der Waals surface area contributed by atoms with E-state index in [1.54, 1.807) is 0 Å². The van der Waals surface area contributed by atoms with Crippen LogP contribution in [0.3, 0.4) is 0 Å². The lowest BCUT2D eigenvalue weighted by atomic mass is 10.1. The summed E-state index contributed by atoms with van der Waals surface area (Å²) in [6.45, 7) is 0. The normalized spacial score (nSPS) is 33.8. The quantitative estimate of drug-likeness (QED) is 0.578. The lowest BCUT2D eigenvalue weighted by molar-refractivity contribution is 0.260. The van der Waals surface area contributed by atoms with Gasteiger partial charge in [0.1, 0.15) is 0 Å². The minimum Gasteiger partial charge on any atom is -0.328 e. The van der Waals surface area contributed by atoms with Gasteiger partial charge in [-0.3, -0.25) is 0 Å². The second-order valence-electron chi connectivity index (χ2n) is 3.90. The highest BCUT2D eigenvalue weighted by Crippen LogP contribution is 2.19. The van der Waals surface area contributed by atoms with Crippen molar-refractivity contribution in [3.8, 4) is 0 Å². The molecule has 2 atom stereocenters. The minimum atomic E-state index is 0.449. The Labute approximate surface area is 69.8 Å². The summed E-state index contributed by atoms with van der Waals surface area (Å²) in [5.74, 6) is 0. The monoisotopic (exact) mass is 156 g/mol. The number of rotatable bonds is 1. The molecular weight excluding hydrogens is 136 g/mol. The third-order valence-corrected chi connectivity index (χ3v) is 2.67. The van der Waals surface area contributed by atoms with E-state index in [2.05, 4.69) is 19.0 Å². The summed E-state index contributed by atoms with van der Waals surface area (Å²) in [5.41, 5.74) is 5.94. The first-order valence-corrected chi connectivity index (χ1v) is 4.62. The van der Waals surface area contributed by atoms with Crippen molar-refractivity contribution in [2.45, 2.75) is 44.2 Å². The summed E-state index contributed by atoms with van der Waals surface area (Å²) >= 11 is 0. The Morgan fingerprint density at radius 3 is 2.45 bits per heavy atom. The molecule has 66 valence electrons. The molecule has 0 radical (unpaired) electrons. The molecule has 1 saturated carbocycles. The van der Waals surface area contributed by atoms with Gasteiger partial charge in [0, 0.05) is 12.1 Å². The van der Waals surface area contributed by atoms with E-state index in [9.17, 15) is 0 Å². The van der Waals surface area contributed by atoms with Crippen LogP contribution >= 0.6 is 0 Å². The molecule has 0 bridgehead atoms. The van der Waals surface area contributed by atoms with E-state index in [0.29, 0.717) is 6.04 Å². The van der Waals surface area contributed by atoms with Crippen LogP contribution in [0.1, 0.15) is 32.1 Å². The van der Waals surface area contributed by atoms with Crippen LogP contribution in [0.25, 0.3) is 0 Å². The fraction of sp³-hybridized carbons (Fsp3) is 1.00.